The van der Waals surface area contributed by atoms with E-state index in [-0.39, 0.29) is 0 Å². The fraction of sp³-hybridized carbons (Fsp3) is 0.250. The van der Waals surface area contributed by atoms with Gasteiger partial charge < -0.3 is 9.64 Å². The molecule has 0 saturated heterocycles. The first-order chi connectivity index (χ1) is 10.6. The van der Waals surface area contributed by atoms with Gasteiger partial charge >= 0.3 is 0 Å². The van der Waals surface area contributed by atoms with Gasteiger partial charge in [0.25, 0.3) is 0 Å². The van der Waals surface area contributed by atoms with E-state index in [1.807, 2.05) is 48.9 Å². The monoisotopic (exact) mass is 316 g/mol. The summed E-state index contributed by atoms with van der Waals surface area (Å²) < 4.78 is 7.56. The van der Waals surface area contributed by atoms with Crippen LogP contribution in [0.1, 0.15) is 5.69 Å². The maximum Gasteiger partial charge on any atom is 0.154 e. The van der Waals surface area contributed by atoms with Crippen LogP contribution in [0.25, 0.3) is 5.52 Å². The number of aromatic nitrogens is 3. The van der Waals surface area contributed by atoms with Crippen LogP contribution in [-0.4, -0.2) is 34.8 Å². The van der Waals surface area contributed by atoms with E-state index in [2.05, 4.69) is 15.0 Å². The molecular formula is C16H17ClN4O. The van der Waals surface area contributed by atoms with Crippen LogP contribution in [-0.2, 0) is 0 Å². The number of anilines is 1. The van der Waals surface area contributed by atoms with Crippen molar-refractivity contribution in [1.29, 1.82) is 0 Å². The number of aryl methyl sites for hydroxylation is 1. The second kappa shape index (κ2) is 6.23. The van der Waals surface area contributed by atoms with Crippen LogP contribution in [0.5, 0.6) is 5.75 Å². The molecule has 0 bridgehead atoms. The molecule has 1 aromatic carbocycles. The van der Waals surface area contributed by atoms with Gasteiger partial charge in [-0.2, -0.15) is 5.10 Å². The number of rotatable bonds is 5. The Labute approximate surface area is 134 Å². The summed E-state index contributed by atoms with van der Waals surface area (Å²) in [6, 6.07) is 9.43. The van der Waals surface area contributed by atoms with Gasteiger partial charge in [0, 0.05) is 24.5 Å². The number of hydrogen-bond donors (Lipinski definition) is 0. The maximum atomic E-state index is 5.94. The lowest BCUT2D eigenvalue weighted by atomic mass is 10.3. The van der Waals surface area contributed by atoms with E-state index in [1.54, 1.807) is 12.3 Å². The van der Waals surface area contributed by atoms with Gasteiger partial charge in [0.1, 0.15) is 17.9 Å². The average Bonchev–Trinajstić information content (AvgIpc) is 2.87. The van der Waals surface area contributed by atoms with Gasteiger partial charge in [0.05, 0.1) is 12.2 Å². The van der Waals surface area contributed by atoms with Gasteiger partial charge in [-0.25, -0.2) is 9.50 Å². The average molecular weight is 317 g/mol. The molecule has 0 aliphatic carbocycles. The van der Waals surface area contributed by atoms with Gasteiger partial charge in [-0.05, 0) is 31.2 Å². The molecule has 0 aliphatic heterocycles. The van der Waals surface area contributed by atoms with Crippen LogP contribution in [0.3, 0.4) is 0 Å². The minimum atomic E-state index is 0.548. The van der Waals surface area contributed by atoms with Gasteiger partial charge in [-0.15, -0.1) is 0 Å². The van der Waals surface area contributed by atoms with Crippen molar-refractivity contribution in [1.82, 2.24) is 14.6 Å². The van der Waals surface area contributed by atoms with Crippen LogP contribution in [0.2, 0.25) is 5.02 Å². The fourth-order valence-electron chi connectivity index (χ4n) is 2.29. The van der Waals surface area contributed by atoms with Gasteiger partial charge in [-0.3, -0.25) is 0 Å². The number of hydrogen-bond acceptors (Lipinski definition) is 4. The van der Waals surface area contributed by atoms with Crippen LogP contribution < -0.4 is 9.64 Å². The molecular weight excluding hydrogens is 300 g/mol. The van der Waals surface area contributed by atoms with Gasteiger partial charge in [-0.1, -0.05) is 17.7 Å². The summed E-state index contributed by atoms with van der Waals surface area (Å²) in [5.74, 6) is 1.66. The molecule has 114 valence electrons. The smallest absolute Gasteiger partial charge is 0.154 e. The van der Waals surface area contributed by atoms with Crippen LogP contribution >= 0.6 is 11.6 Å². The zero-order valence-corrected chi connectivity index (χ0v) is 13.3. The Hall–Kier alpha value is -2.27. The van der Waals surface area contributed by atoms with Crippen molar-refractivity contribution in [3.63, 3.8) is 0 Å². The van der Waals surface area contributed by atoms with E-state index in [4.69, 9.17) is 16.3 Å². The molecule has 0 saturated carbocycles. The summed E-state index contributed by atoms with van der Waals surface area (Å²) in [6.45, 7) is 3.23. The summed E-state index contributed by atoms with van der Waals surface area (Å²) in [6.07, 6.45) is 3.60. The number of halogens is 1. The quantitative estimate of drug-likeness (QED) is 0.725. The summed E-state index contributed by atoms with van der Waals surface area (Å²) in [5.41, 5.74) is 1.96. The molecule has 3 aromatic rings. The van der Waals surface area contributed by atoms with E-state index >= 15 is 0 Å². The Balaban J connectivity index is 1.67. The molecule has 6 heteroatoms. The van der Waals surface area contributed by atoms with E-state index in [0.29, 0.717) is 18.2 Å². The lowest BCUT2D eigenvalue weighted by Crippen LogP contribution is -2.25. The third-order valence-corrected chi connectivity index (χ3v) is 3.58. The largest absolute Gasteiger partial charge is 0.492 e. The van der Waals surface area contributed by atoms with Crippen molar-refractivity contribution in [3.8, 4) is 5.75 Å². The van der Waals surface area contributed by atoms with Crippen LogP contribution in [0.4, 0.5) is 5.82 Å². The molecule has 0 amide bonds. The highest BCUT2D eigenvalue weighted by Crippen LogP contribution is 2.19. The summed E-state index contributed by atoms with van der Waals surface area (Å²) >= 11 is 5.94. The zero-order chi connectivity index (χ0) is 15.5. The van der Waals surface area contributed by atoms with E-state index in [1.165, 1.54) is 0 Å². The molecule has 0 aliphatic rings. The molecule has 0 spiro atoms. The Morgan fingerprint density at radius 1 is 1.32 bits per heavy atom. The summed E-state index contributed by atoms with van der Waals surface area (Å²) in [5, 5.41) is 5.07. The highest BCUT2D eigenvalue weighted by atomic mass is 35.5. The standard InChI is InChI=1S/C16H17ClN4O/c1-12-10-15-16(18-6-7-21(15)19-12)20(2)8-9-22-14-5-3-4-13(17)11-14/h3-7,10-11H,8-9H2,1-2H3. The molecule has 5 nitrogen and oxygen atoms in total. The lowest BCUT2D eigenvalue weighted by Gasteiger charge is -2.19. The first-order valence-corrected chi connectivity index (χ1v) is 7.42. The second-order valence-electron chi connectivity index (χ2n) is 5.09. The van der Waals surface area contributed by atoms with Crippen molar-refractivity contribution in [2.45, 2.75) is 6.92 Å². The van der Waals surface area contributed by atoms with E-state index in [9.17, 15) is 0 Å². The molecule has 2 heterocycles. The van der Waals surface area contributed by atoms with Crippen molar-refractivity contribution in [3.05, 3.63) is 53.4 Å². The first kappa shape index (κ1) is 14.7. The number of nitrogens with zero attached hydrogens (tertiary/aromatic N) is 4. The van der Waals surface area contributed by atoms with Crippen LogP contribution in [0.15, 0.2) is 42.7 Å². The molecule has 0 N–H and O–H groups in total. The number of benzene rings is 1. The van der Waals surface area contributed by atoms with Gasteiger partial charge in [0.15, 0.2) is 5.82 Å². The highest BCUT2D eigenvalue weighted by molar-refractivity contribution is 6.30. The summed E-state index contributed by atoms with van der Waals surface area (Å²) in [4.78, 5) is 6.50. The molecule has 0 atom stereocenters. The molecule has 0 unspecified atom stereocenters. The molecule has 22 heavy (non-hydrogen) atoms. The predicted molar refractivity (Wildman–Crippen MR) is 87.9 cm³/mol. The van der Waals surface area contributed by atoms with Crippen molar-refractivity contribution >= 4 is 22.9 Å². The Morgan fingerprint density at radius 2 is 2.18 bits per heavy atom. The van der Waals surface area contributed by atoms with Crippen molar-refractivity contribution in [2.24, 2.45) is 0 Å². The molecule has 0 fully saturated rings. The van der Waals surface area contributed by atoms with E-state index < -0.39 is 0 Å². The minimum absolute atomic E-state index is 0.548. The first-order valence-electron chi connectivity index (χ1n) is 7.04. The maximum absolute atomic E-state index is 5.94. The number of ether oxygens (including phenoxy) is 1. The third-order valence-electron chi connectivity index (χ3n) is 3.34. The van der Waals surface area contributed by atoms with E-state index in [0.717, 1.165) is 22.8 Å². The molecule has 3 rings (SSSR count). The summed E-state index contributed by atoms with van der Waals surface area (Å²) in [7, 11) is 1.99. The molecule has 0 radical (unpaired) electrons. The van der Waals surface area contributed by atoms with Gasteiger partial charge in [0.2, 0.25) is 0 Å². The Kier molecular flexibility index (Phi) is 4.15. The second-order valence-corrected chi connectivity index (χ2v) is 5.53. The normalized spacial score (nSPS) is 10.9. The predicted octanol–water partition coefficient (Wildman–Crippen LogP) is 3.21. The zero-order valence-electron chi connectivity index (χ0n) is 12.5. The van der Waals surface area contributed by atoms with Crippen molar-refractivity contribution < 1.29 is 4.74 Å². The minimum Gasteiger partial charge on any atom is -0.492 e. The Bertz CT molecular complexity index is 787. The van der Waals surface area contributed by atoms with Crippen LogP contribution in [0, 0.1) is 6.92 Å². The topological polar surface area (TPSA) is 42.7 Å². The highest BCUT2D eigenvalue weighted by Gasteiger charge is 2.10. The lowest BCUT2D eigenvalue weighted by molar-refractivity contribution is 0.326. The fourth-order valence-corrected chi connectivity index (χ4v) is 2.47. The Morgan fingerprint density at radius 3 is 3.00 bits per heavy atom. The SMILES string of the molecule is Cc1cc2c(N(C)CCOc3cccc(Cl)c3)nccn2n1. The molecule has 2 aromatic heterocycles. The number of likely N-dealkylation sites (N-methyl/N-ethyl adjacent to an activating group) is 1. The van der Waals surface area contributed by atoms with Crippen molar-refractivity contribution in [2.75, 3.05) is 25.1 Å². The third kappa shape index (κ3) is 3.14. The number of fused-ring (bicyclic) bond motifs is 1.